The summed E-state index contributed by atoms with van der Waals surface area (Å²) < 4.78 is 2.90. The van der Waals surface area contributed by atoms with Crippen molar-refractivity contribution < 1.29 is 4.79 Å². The number of hydrogen-bond donors (Lipinski definition) is 0. The van der Waals surface area contributed by atoms with Gasteiger partial charge in [0.05, 0.1) is 6.04 Å². The summed E-state index contributed by atoms with van der Waals surface area (Å²) in [5, 5.41) is 6.47. The van der Waals surface area contributed by atoms with Gasteiger partial charge in [-0.05, 0) is 24.8 Å². The first kappa shape index (κ1) is 16.8. The average molecular weight is 368 g/mol. The monoisotopic (exact) mass is 368 g/mol. The maximum absolute atomic E-state index is 12.7. The maximum Gasteiger partial charge on any atom is 0.346 e. The number of amides is 1. The van der Waals surface area contributed by atoms with E-state index in [2.05, 4.69) is 11.2 Å². The van der Waals surface area contributed by atoms with E-state index in [4.69, 9.17) is 0 Å². The molecular weight excluding hydrogens is 348 g/mol. The van der Waals surface area contributed by atoms with E-state index < -0.39 is 0 Å². The van der Waals surface area contributed by atoms with Crippen molar-refractivity contribution in [2.45, 2.75) is 32.5 Å². The Hall–Kier alpha value is -2.67. The average Bonchev–Trinajstić information content (AvgIpc) is 3.23. The van der Waals surface area contributed by atoms with Crippen molar-refractivity contribution in [1.29, 1.82) is 0 Å². The fourth-order valence-corrected chi connectivity index (χ4v) is 4.18. The van der Waals surface area contributed by atoms with Gasteiger partial charge >= 0.3 is 5.69 Å². The van der Waals surface area contributed by atoms with E-state index in [1.807, 2.05) is 53.6 Å². The Balaban J connectivity index is 1.58. The molecule has 0 radical (unpaired) electrons. The number of hydrogen-bond acceptors (Lipinski definition) is 4. The first-order valence-corrected chi connectivity index (χ1v) is 9.63. The zero-order chi connectivity index (χ0) is 18.1. The van der Waals surface area contributed by atoms with Gasteiger partial charge in [-0.2, -0.15) is 0 Å². The number of nitrogens with zero attached hydrogens (tertiary/aromatic N) is 4. The number of carbonyl (C=O) groups is 1. The third-order valence-corrected chi connectivity index (χ3v) is 5.74. The summed E-state index contributed by atoms with van der Waals surface area (Å²) in [6.07, 6.45) is 0.972. The van der Waals surface area contributed by atoms with E-state index in [1.165, 1.54) is 9.56 Å². The Labute approximate surface area is 155 Å². The molecule has 6 nitrogen and oxygen atoms in total. The third kappa shape index (κ3) is 2.88. The van der Waals surface area contributed by atoms with Crippen LogP contribution in [0.25, 0.3) is 11.4 Å². The molecule has 3 aromatic rings. The molecule has 7 heteroatoms. The van der Waals surface area contributed by atoms with Crippen molar-refractivity contribution in [1.82, 2.24) is 19.2 Å². The second-order valence-electron chi connectivity index (χ2n) is 6.28. The SMILES string of the molecule is CCn1c(-c2ccccc2)nn(CC(=O)N2CCC2c2cccs2)c1=O. The lowest BCUT2D eigenvalue weighted by atomic mass is 10.0. The van der Waals surface area contributed by atoms with Crippen LogP contribution >= 0.6 is 11.3 Å². The molecule has 1 amide bonds. The summed E-state index contributed by atoms with van der Waals surface area (Å²) in [6.45, 7) is 3.13. The summed E-state index contributed by atoms with van der Waals surface area (Å²) in [5.41, 5.74) is 0.631. The van der Waals surface area contributed by atoms with E-state index in [0.29, 0.717) is 12.4 Å². The van der Waals surface area contributed by atoms with Crippen LogP contribution in [0.15, 0.2) is 52.6 Å². The molecule has 1 aliphatic heterocycles. The minimum Gasteiger partial charge on any atom is -0.333 e. The molecule has 134 valence electrons. The van der Waals surface area contributed by atoms with Gasteiger partial charge in [-0.3, -0.25) is 9.36 Å². The van der Waals surface area contributed by atoms with Crippen LogP contribution in [0.2, 0.25) is 0 Å². The molecule has 3 heterocycles. The van der Waals surface area contributed by atoms with E-state index in [1.54, 1.807) is 15.9 Å². The normalized spacial score (nSPS) is 16.5. The summed E-state index contributed by atoms with van der Waals surface area (Å²) in [5.74, 6) is 0.543. The lowest BCUT2D eigenvalue weighted by Gasteiger charge is -2.40. The van der Waals surface area contributed by atoms with Gasteiger partial charge in [-0.25, -0.2) is 9.48 Å². The van der Waals surface area contributed by atoms with Gasteiger partial charge in [-0.1, -0.05) is 36.4 Å². The molecule has 4 rings (SSSR count). The lowest BCUT2D eigenvalue weighted by molar-refractivity contribution is -0.140. The van der Waals surface area contributed by atoms with Gasteiger partial charge in [0.2, 0.25) is 5.91 Å². The fraction of sp³-hybridized carbons (Fsp3) is 0.316. The van der Waals surface area contributed by atoms with Gasteiger partial charge in [-0.15, -0.1) is 16.4 Å². The zero-order valence-electron chi connectivity index (χ0n) is 14.5. The quantitative estimate of drug-likeness (QED) is 0.696. The molecule has 0 N–H and O–H groups in total. The number of benzene rings is 1. The maximum atomic E-state index is 12.7. The van der Waals surface area contributed by atoms with Gasteiger partial charge in [0.25, 0.3) is 0 Å². The van der Waals surface area contributed by atoms with Crippen molar-refractivity contribution in [2.24, 2.45) is 0 Å². The summed E-state index contributed by atoms with van der Waals surface area (Å²) in [4.78, 5) is 28.4. The predicted molar refractivity (Wildman–Crippen MR) is 101 cm³/mol. The molecule has 1 saturated heterocycles. The molecule has 1 aliphatic rings. The highest BCUT2D eigenvalue weighted by molar-refractivity contribution is 7.10. The van der Waals surface area contributed by atoms with Crippen LogP contribution in [0.4, 0.5) is 0 Å². The topological polar surface area (TPSA) is 60.1 Å². The molecule has 2 aromatic heterocycles. The fourth-order valence-electron chi connectivity index (χ4n) is 3.31. The predicted octanol–water partition coefficient (Wildman–Crippen LogP) is 2.77. The first-order chi connectivity index (χ1) is 12.7. The highest BCUT2D eigenvalue weighted by Crippen LogP contribution is 2.35. The third-order valence-electron chi connectivity index (χ3n) is 4.77. The molecule has 1 fully saturated rings. The van der Waals surface area contributed by atoms with Gasteiger partial charge in [0.15, 0.2) is 5.82 Å². The zero-order valence-corrected chi connectivity index (χ0v) is 15.4. The highest BCUT2D eigenvalue weighted by Gasteiger charge is 2.34. The van der Waals surface area contributed by atoms with Crippen molar-refractivity contribution in [2.75, 3.05) is 6.54 Å². The van der Waals surface area contributed by atoms with Crippen molar-refractivity contribution >= 4 is 17.2 Å². The van der Waals surface area contributed by atoms with Gasteiger partial charge in [0.1, 0.15) is 6.54 Å². The Kier molecular flexibility index (Phi) is 4.46. The molecule has 0 aliphatic carbocycles. The molecule has 1 aromatic carbocycles. The van der Waals surface area contributed by atoms with Crippen LogP contribution in [0.1, 0.15) is 24.3 Å². The van der Waals surface area contributed by atoms with Crippen LogP contribution in [0.3, 0.4) is 0 Å². The lowest BCUT2D eigenvalue weighted by Crippen LogP contribution is -2.47. The Bertz CT molecular complexity index is 959. The van der Waals surface area contributed by atoms with Crippen LogP contribution in [0, 0.1) is 0 Å². The molecule has 26 heavy (non-hydrogen) atoms. The Morgan fingerprint density at radius 3 is 2.65 bits per heavy atom. The van der Waals surface area contributed by atoms with Crippen molar-refractivity contribution in [3.63, 3.8) is 0 Å². The smallest absolute Gasteiger partial charge is 0.333 e. The highest BCUT2D eigenvalue weighted by atomic mass is 32.1. The van der Waals surface area contributed by atoms with Gasteiger partial charge < -0.3 is 4.90 Å². The number of carbonyl (C=O) groups excluding carboxylic acids is 1. The van der Waals surface area contributed by atoms with E-state index in [0.717, 1.165) is 18.5 Å². The standard InChI is InChI=1S/C19H20N4O2S/c1-2-21-18(14-7-4-3-5-8-14)20-23(19(21)25)13-17(24)22-11-10-15(22)16-9-6-12-26-16/h3-9,12,15H,2,10-11,13H2,1H3. The Morgan fingerprint density at radius 2 is 2.04 bits per heavy atom. The van der Waals surface area contributed by atoms with E-state index in [-0.39, 0.29) is 24.2 Å². The van der Waals surface area contributed by atoms with Crippen LogP contribution < -0.4 is 5.69 Å². The largest absolute Gasteiger partial charge is 0.346 e. The van der Waals surface area contributed by atoms with Crippen LogP contribution in [0.5, 0.6) is 0 Å². The number of aromatic nitrogens is 3. The number of rotatable bonds is 5. The Morgan fingerprint density at radius 1 is 1.23 bits per heavy atom. The van der Waals surface area contributed by atoms with E-state index in [9.17, 15) is 9.59 Å². The second-order valence-corrected chi connectivity index (χ2v) is 7.26. The summed E-state index contributed by atoms with van der Waals surface area (Å²) >= 11 is 1.66. The molecular formula is C19H20N4O2S. The summed E-state index contributed by atoms with van der Waals surface area (Å²) in [6, 6.07) is 13.8. The second kappa shape index (κ2) is 6.92. The van der Waals surface area contributed by atoms with E-state index >= 15 is 0 Å². The number of thiophene rings is 1. The molecule has 0 bridgehead atoms. The minimum absolute atomic E-state index is 0.0203. The molecule has 0 saturated carbocycles. The van der Waals surface area contributed by atoms with Crippen LogP contribution in [-0.4, -0.2) is 31.7 Å². The van der Waals surface area contributed by atoms with Crippen LogP contribution in [-0.2, 0) is 17.9 Å². The molecule has 1 unspecified atom stereocenters. The first-order valence-electron chi connectivity index (χ1n) is 8.75. The van der Waals surface area contributed by atoms with Crippen molar-refractivity contribution in [3.8, 4) is 11.4 Å². The molecule has 0 spiro atoms. The number of likely N-dealkylation sites (tertiary alicyclic amines) is 1. The van der Waals surface area contributed by atoms with Crippen molar-refractivity contribution in [3.05, 3.63) is 63.2 Å². The summed E-state index contributed by atoms with van der Waals surface area (Å²) in [7, 11) is 0. The minimum atomic E-state index is -0.243. The molecule has 1 atom stereocenters. The van der Waals surface area contributed by atoms with Gasteiger partial charge in [0, 0.05) is 23.5 Å².